The number of amides is 1. The van der Waals surface area contributed by atoms with Crippen molar-refractivity contribution < 1.29 is 4.79 Å². The number of aromatic nitrogens is 1. The highest BCUT2D eigenvalue weighted by Crippen LogP contribution is 2.21. The predicted molar refractivity (Wildman–Crippen MR) is 83.1 cm³/mol. The molecule has 5 nitrogen and oxygen atoms in total. The number of rotatable bonds is 4. The monoisotopic (exact) mass is 305 g/mol. The lowest BCUT2D eigenvalue weighted by Crippen LogP contribution is -2.36. The van der Waals surface area contributed by atoms with Gasteiger partial charge in [0.1, 0.15) is 5.56 Å². The van der Waals surface area contributed by atoms with Gasteiger partial charge in [0, 0.05) is 11.6 Å². The number of halogens is 1. The number of nitrogens with zero attached hydrogens (tertiary/aromatic N) is 1. The Labute approximate surface area is 127 Å². The molecule has 0 aliphatic rings. The molecule has 2 rings (SSSR count). The van der Waals surface area contributed by atoms with E-state index in [4.69, 9.17) is 17.4 Å². The number of benzene rings is 1. The Kier molecular flexibility index (Phi) is 4.77. The highest BCUT2D eigenvalue weighted by atomic mass is 35.5. The number of hydrazine groups is 1. The van der Waals surface area contributed by atoms with E-state index in [-0.39, 0.29) is 11.1 Å². The van der Waals surface area contributed by atoms with Crippen molar-refractivity contribution in [2.45, 2.75) is 19.9 Å². The van der Waals surface area contributed by atoms with Gasteiger partial charge in [-0.05, 0) is 36.2 Å². The smallest absolute Gasteiger partial charge is 0.270 e. The molecule has 0 unspecified atom stereocenters. The van der Waals surface area contributed by atoms with E-state index in [1.165, 1.54) is 6.07 Å². The lowest BCUT2D eigenvalue weighted by molar-refractivity contribution is 0.0951. The minimum atomic E-state index is -0.590. The Morgan fingerprint density at radius 3 is 2.48 bits per heavy atom. The lowest BCUT2D eigenvalue weighted by Gasteiger charge is -2.14. The molecule has 1 aromatic heterocycles. The Bertz CT molecular complexity index is 708. The summed E-state index contributed by atoms with van der Waals surface area (Å²) in [5.74, 6) is 4.51. The van der Waals surface area contributed by atoms with Crippen LogP contribution >= 0.6 is 11.6 Å². The number of pyridine rings is 1. The largest absolute Gasteiger partial charge is 0.308 e. The molecule has 0 radical (unpaired) electrons. The molecule has 1 heterocycles. The van der Waals surface area contributed by atoms with E-state index in [9.17, 15) is 9.59 Å². The fourth-order valence-corrected chi connectivity index (χ4v) is 2.27. The molecular weight excluding hydrogens is 290 g/mol. The first kappa shape index (κ1) is 15.3. The van der Waals surface area contributed by atoms with Crippen LogP contribution in [0.4, 0.5) is 0 Å². The Morgan fingerprint density at radius 1 is 1.24 bits per heavy atom. The fourth-order valence-electron chi connectivity index (χ4n) is 2.15. The molecule has 0 fully saturated rings. The van der Waals surface area contributed by atoms with E-state index in [0.29, 0.717) is 11.6 Å². The number of carbonyl (C=O) groups is 1. The second-order valence-corrected chi connectivity index (χ2v) is 5.01. The maximum absolute atomic E-state index is 12.4. The molecule has 110 valence electrons. The molecule has 2 aromatic rings. The molecule has 0 saturated heterocycles. The minimum absolute atomic E-state index is 0.0312. The van der Waals surface area contributed by atoms with Crippen LogP contribution in [0.5, 0.6) is 0 Å². The summed E-state index contributed by atoms with van der Waals surface area (Å²) in [6.07, 6.45) is 0.772. The Hall–Kier alpha value is -2.11. The van der Waals surface area contributed by atoms with Crippen molar-refractivity contribution in [3.05, 3.63) is 57.3 Å². The number of hydrogen-bond acceptors (Lipinski definition) is 3. The van der Waals surface area contributed by atoms with E-state index < -0.39 is 5.91 Å². The predicted octanol–water partition coefficient (Wildman–Crippen LogP) is 2.18. The number of carbonyl (C=O) groups excluding carboxylic acids is 1. The highest BCUT2D eigenvalue weighted by Gasteiger charge is 2.14. The van der Waals surface area contributed by atoms with Crippen LogP contribution in [0.25, 0.3) is 11.3 Å². The molecular formula is C15H16ClN3O2. The molecule has 3 N–H and O–H groups in total. The third-order valence-corrected chi connectivity index (χ3v) is 3.39. The van der Waals surface area contributed by atoms with Crippen LogP contribution in [0.1, 0.15) is 23.7 Å². The average Bonchev–Trinajstić information content (AvgIpc) is 2.49. The van der Waals surface area contributed by atoms with Crippen LogP contribution in [0.2, 0.25) is 5.02 Å². The van der Waals surface area contributed by atoms with E-state index in [1.54, 1.807) is 22.8 Å². The Balaban J connectivity index is 2.61. The summed E-state index contributed by atoms with van der Waals surface area (Å²) in [6, 6.07) is 10.4. The average molecular weight is 306 g/mol. The maximum atomic E-state index is 12.4. The molecule has 6 heteroatoms. The van der Waals surface area contributed by atoms with E-state index in [0.717, 1.165) is 17.7 Å². The van der Waals surface area contributed by atoms with Gasteiger partial charge in [0.2, 0.25) is 0 Å². The maximum Gasteiger partial charge on any atom is 0.270 e. The molecule has 0 aliphatic heterocycles. The first-order chi connectivity index (χ1) is 10.1. The summed E-state index contributed by atoms with van der Waals surface area (Å²) in [6.45, 7) is 2.48. The molecule has 1 aromatic carbocycles. The summed E-state index contributed by atoms with van der Waals surface area (Å²) < 4.78 is 1.58. The number of nitrogens with two attached hydrogens (primary N) is 1. The number of nitrogen functional groups attached to an aromatic ring is 1. The zero-order valence-corrected chi connectivity index (χ0v) is 12.4. The third-order valence-electron chi connectivity index (χ3n) is 3.14. The van der Waals surface area contributed by atoms with Crippen LogP contribution in [0.15, 0.2) is 41.2 Å². The highest BCUT2D eigenvalue weighted by molar-refractivity contribution is 6.30. The zero-order valence-electron chi connectivity index (χ0n) is 11.6. The summed E-state index contributed by atoms with van der Waals surface area (Å²) in [5.41, 5.74) is 3.27. The topological polar surface area (TPSA) is 77.1 Å². The van der Waals surface area contributed by atoms with Crippen molar-refractivity contribution >= 4 is 17.5 Å². The molecule has 1 amide bonds. The van der Waals surface area contributed by atoms with E-state index >= 15 is 0 Å². The van der Waals surface area contributed by atoms with Gasteiger partial charge in [-0.1, -0.05) is 30.7 Å². The fraction of sp³-hybridized carbons (Fsp3) is 0.200. The van der Waals surface area contributed by atoms with Crippen molar-refractivity contribution in [1.82, 2.24) is 9.99 Å². The summed E-state index contributed by atoms with van der Waals surface area (Å²) in [4.78, 5) is 24.1. The van der Waals surface area contributed by atoms with Gasteiger partial charge in [-0.3, -0.25) is 15.0 Å². The first-order valence-electron chi connectivity index (χ1n) is 6.59. The summed E-state index contributed by atoms with van der Waals surface area (Å²) >= 11 is 5.88. The van der Waals surface area contributed by atoms with Gasteiger partial charge in [0.15, 0.2) is 0 Å². The van der Waals surface area contributed by atoms with Crippen molar-refractivity contribution in [3.63, 3.8) is 0 Å². The van der Waals surface area contributed by atoms with Crippen LogP contribution in [-0.2, 0) is 6.54 Å². The standard InChI is InChI=1S/C15H16ClN3O2/c1-2-9-19-13(10-3-5-11(16)6-4-10)8-7-12(15(19)21)14(20)18-17/h3-8H,2,9,17H2,1H3,(H,18,20). The normalized spacial score (nSPS) is 10.4. The molecule has 0 aliphatic carbocycles. The Morgan fingerprint density at radius 2 is 1.90 bits per heavy atom. The van der Waals surface area contributed by atoms with E-state index in [1.807, 2.05) is 24.5 Å². The van der Waals surface area contributed by atoms with E-state index in [2.05, 4.69) is 0 Å². The van der Waals surface area contributed by atoms with Gasteiger partial charge in [-0.15, -0.1) is 0 Å². The van der Waals surface area contributed by atoms with Crippen LogP contribution < -0.4 is 16.8 Å². The van der Waals surface area contributed by atoms with Gasteiger partial charge in [-0.25, -0.2) is 5.84 Å². The van der Waals surface area contributed by atoms with Gasteiger partial charge in [0.05, 0.1) is 5.69 Å². The molecule has 0 bridgehead atoms. The van der Waals surface area contributed by atoms with Crippen LogP contribution in [0.3, 0.4) is 0 Å². The third kappa shape index (κ3) is 3.15. The van der Waals surface area contributed by atoms with Crippen molar-refractivity contribution in [2.24, 2.45) is 5.84 Å². The van der Waals surface area contributed by atoms with Crippen molar-refractivity contribution in [3.8, 4) is 11.3 Å². The van der Waals surface area contributed by atoms with Crippen molar-refractivity contribution in [1.29, 1.82) is 0 Å². The molecule has 0 saturated carbocycles. The van der Waals surface area contributed by atoms with Crippen LogP contribution in [0, 0.1) is 0 Å². The quantitative estimate of drug-likeness (QED) is 0.516. The lowest BCUT2D eigenvalue weighted by atomic mass is 10.1. The van der Waals surface area contributed by atoms with Crippen molar-refractivity contribution in [2.75, 3.05) is 0 Å². The number of nitrogens with one attached hydrogen (secondary N) is 1. The molecule has 0 atom stereocenters. The van der Waals surface area contributed by atoms with Gasteiger partial charge >= 0.3 is 0 Å². The second kappa shape index (κ2) is 6.56. The zero-order chi connectivity index (χ0) is 15.4. The summed E-state index contributed by atoms with van der Waals surface area (Å²) in [7, 11) is 0. The van der Waals surface area contributed by atoms with Gasteiger partial charge in [0.25, 0.3) is 11.5 Å². The van der Waals surface area contributed by atoms with Crippen LogP contribution in [-0.4, -0.2) is 10.5 Å². The van der Waals surface area contributed by atoms with Gasteiger partial charge in [-0.2, -0.15) is 0 Å². The SMILES string of the molecule is CCCn1c(-c2ccc(Cl)cc2)ccc(C(=O)NN)c1=O. The molecule has 0 spiro atoms. The van der Waals surface area contributed by atoms with Gasteiger partial charge < -0.3 is 4.57 Å². The summed E-state index contributed by atoms with van der Waals surface area (Å²) in [5, 5.41) is 0.627. The minimum Gasteiger partial charge on any atom is -0.308 e. The molecule has 21 heavy (non-hydrogen) atoms. The first-order valence-corrected chi connectivity index (χ1v) is 6.97. The second-order valence-electron chi connectivity index (χ2n) is 4.57. The number of hydrogen-bond donors (Lipinski definition) is 2.